The molecule has 10 heteroatoms. The van der Waals surface area contributed by atoms with Crippen molar-refractivity contribution in [2.24, 2.45) is 11.5 Å². The minimum absolute atomic E-state index is 0.308. The number of likely N-dealkylation sites (tertiary alicyclic amines) is 1. The summed E-state index contributed by atoms with van der Waals surface area (Å²) in [4.78, 5) is 29.8. The van der Waals surface area contributed by atoms with Crippen LogP contribution in [0.4, 0.5) is 5.69 Å². The highest BCUT2D eigenvalue weighted by Crippen LogP contribution is 2.50. The third-order valence-electron chi connectivity index (χ3n) is 7.91. The van der Waals surface area contributed by atoms with E-state index in [4.69, 9.17) is 21.9 Å². The van der Waals surface area contributed by atoms with E-state index in [0.29, 0.717) is 61.9 Å². The third-order valence-corrected chi connectivity index (χ3v) is 9.16. The number of aryl methyl sites for hydroxylation is 1. The van der Waals surface area contributed by atoms with E-state index in [0.717, 1.165) is 5.56 Å². The number of Topliss-reactive ketones (excluding diaryl/α,β-unsaturated/α-hetero) is 1. The zero-order valence-electron chi connectivity index (χ0n) is 22.2. The van der Waals surface area contributed by atoms with Gasteiger partial charge in [-0.2, -0.15) is 0 Å². The van der Waals surface area contributed by atoms with Crippen LogP contribution in [0.15, 0.2) is 60.7 Å². The lowest BCUT2D eigenvalue weighted by atomic mass is 9.69. The minimum atomic E-state index is -1.56. The molecular weight excluding hydrogens is 526 g/mol. The largest absolute Gasteiger partial charge is 0.457 e. The second-order valence-electron chi connectivity index (χ2n) is 10.7. The molecule has 206 valence electrons. The van der Waals surface area contributed by atoms with Crippen molar-refractivity contribution in [1.82, 2.24) is 10.2 Å². The van der Waals surface area contributed by atoms with Crippen LogP contribution < -0.4 is 27.3 Å². The summed E-state index contributed by atoms with van der Waals surface area (Å²) in [7, 11) is 1.88. The van der Waals surface area contributed by atoms with Crippen molar-refractivity contribution in [2.75, 3.05) is 25.9 Å². The number of rotatable bonds is 5. The van der Waals surface area contributed by atoms with Crippen LogP contribution in [-0.2, 0) is 10.3 Å². The Bertz CT molecular complexity index is 1660. The summed E-state index contributed by atoms with van der Waals surface area (Å²) in [5, 5.41) is 13.9. The summed E-state index contributed by atoms with van der Waals surface area (Å²) in [6, 6.07) is 16.7. The predicted molar refractivity (Wildman–Crippen MR) is 156 cm³/mol. The predicted octanol–water partition coefficient (Wildman–Crippen LogP) is 2.77. The number of carbonyl (C=O) groups is 2. The Morgan fingerprint density at radius 3 is 2.50 bits per heavy atom. The number of amides is 1. The average molecular weight is 558 g/mol. The van der Waals surface area contributed by atoms with Crippen LogP contribution in [0.3, 0.4) is 0 Å². The van der Waals surface area contributed by atoms with Gasteiger partial charge in [0.25, 0.3) is 5.91 Å². The number of β-amino-alcohol motifs (C(OH)–C–C–N with tert-alkyl or cyclic N) is 1. The van der Waals surface area contributed by atoms with Crippen molar-refractivity contribution >= 4 is 38.8 Å². The first kappa shape index (κ1) is 26.4. The molecule has 6 rings (SSSR count). The molecule has 0 spiro atoms. The molecule has 0 bridgehead atoms. The van der Waals surface area contributed by atoms with E-state index in [1.807, 2.05) is 55.3 Å². The van der Waals surface area contributed by atoms with E-state index in [1.165, 1.54) is 11.3 Å². The summed E-state index contributed by atoms with van der Waals surface area (Å²) in [6.07, 6.45) is -0.691. The van der Waals surface area contributed by atoms with E-state index in [-0.39, 0.29) is 0 Å². The summed E-state index contributed by atoms with van der Waals surface area (Å²) >= 11 is 1.19. The molecule has 8 N–H and O–H groups in total. The van der Waals surface area contributed by atoms with E-state index < -0.39 is 35.4 Å². The molecule has 40 heavy (non-hydrogen) atoms. The molecule has 4 atom stereocenters. The van der Waals surface area contributed by atoms with Gasteiger partial charge in [0, 0.05) is 29.7 Å². The van der Waals surface area contributed by atoms with Crippen LogP contribution in [0, 0.1) is 6.92 Å². The maximum absolute atomic E-state index is 14.1. The third kappa shape index (κ3) is 4.07. The number of para-hydroxylation sites is 1. The van der Waals surface area contributed by atoms with Gasteiger partial charge in [-0.15, -0.1) is 11.3 Å². The molecular formula is C30H31N5O4S. The average Bonchev–Trinajstić information content (AvgIpc) is 3.48. The zero-order valence-corrected chi connectivity index (χ0v) is 23.0. The first-order valence-corrected chi connectivity index (χ1v) is 13.9. The molecule has 1 saturated heterocycles. The monoisotopic (exact) mass is 557 g/mol. The van der Waals surface area contributed by atoms with Gasteiger partial charge in [-0.1, -0.05) is 30.3 Å². The fourth-order valence-corrected chi connectivity index (χ4v) is 7.15. The highest BCUT2D eigenvalue weighted by Gasteiger charge is 2.49. The van der Waals surface area contributed by atoms with Gasteiger partial charge in [0.2, 0.25) is 0 Å². The van der Waals surface area contributed by atoms with Crippen LogP contribution in [0.25, 0.3) is 10.1 Å². The Labute approximate surface area is 235 Å². The number of thiophene rings is 1. The van der Waals surface area contributed by atoms with Gasteiger partial charge in [0.1, 0.15) is 17.0 Å². The Balaban J connectivity index is 1.44. The fourth-order valence-electron chi connectivity index (χ4n) is 5.95. The number of carbonyl (C=O) groups excluding carboxylic acids is 2. The fraction of sp³-hybridized carbons (Fsp3) is 0.267. The molecule has 0 saturated carbocycles. The molecule has 1 aromatic heterocycles. The zero-order chi connectivity index (χ0) is 28.3. The first-order chi connectivity index (χ1) is 19.1. The van der Waals surface area contributed by atoms with Crippen LogP contribution in [-0.4, -0.2) is 54.0 Å². The van der Waals surface area contributed by atoms with Crippen LogP contribution >= 0.6 is 11.3 Å². The van der Waals surface area contributed by atoms with E-state index >= 15 is 0 Å². The minimum Gasteiger partial charge on any atom is -0.457 e. The van der Waals surface area contributed by atoms with Gasteiger partial charge in [-0.3, -0.25) is 9.59 Å². The topological polar surface area (TPSA) is 157 Å². The summed E-state index contributed by atoms with van der Waals surface area (Å²) in [6.45, 7) is 2.85. The molecule has 2 heterocycles. The van der Waals surface area contributed by atoms with Crippen LogP contribution in [0.5, 0.6) is 11.5 Å². The van der Waals surface area contributed by atoms with Gasteiger partial charge in [0.15, 0.2) is 5.78 Å². The van der Waals surface area contributed by atoms with Gasteiger partial charge in [-0.05, 0) is 61.0 Å². The first-order valence-electron chi connectivity index (χ1n) is 13.0. The summed E-state index contributed by atoms with van der Waals surface area (Å²) in [5.74, 6) is 0.492. The molecule has 2 aliphatic rings. The summed E-state index contributed by atoms with van der Waals surface area (Å²) < 4.78 is 6.63. The van der Waals surface area contributed by atoms with Crippen LogP contribution in [0.2, 0.25) is 0 Å². The lowest BCUT2D eigenvalue weighted by molar-refractivity contribution is -0.124. The molecule has 2 unspecified atom stereocenters. The van der Waals surface area contributed by atoms with Crippen molar-refractivity contribution in [3.05, 3.63) is 87.8 Å². The number of nitrogens with one attached hydrogen (secondary N) is 1. The van der Waals surface area contributed by atoms with E-state index in [1.54, 1.807) is 24.3 Å². The number of aliphatic hydroxyl groups excluding tert-OH is 1. The molecule has 4 aromatic rings. The highest BCUT2D eigenvalue weighted by atomic mass is 32.1. The number of anilines is 1. The van der Waals surface area contributed by atoms with E-state index in [2.05, 4.69) is 5.32 Å². The normalized spacial score (nSPS) is 24.4. The smallest absolute Gasteiger partial charge is 0.262 e. The maximum atomic E-state index is 14.1. The molecule has 1 amide bonds. The van der Waals surface area contributed by atoms with Crippen molar-refractivity contribution < 1.29 is 19.4 Å². The number of nitrogen functional groups attached to an aromatic ring is 1. The Kier molecular flexibility index (Phi) is 6.40. The number of aliphatic hydroxyl groups is 1. The van der Waals surface area contributed by atoms with Gasteiger partial charge >= 0.3 is 0 Å². The highest BCUT2D eigenvalue weighted by molar-refractivity contribution is 7.21. The Hall–Kier alpha value is -3.80. The number of hydrogen-bond acceptors (Lipinski definition) is 9. The Morgan fingerprint density at radius 1 is 1.10 bits per heavy atom. The summed E-state index contributed by atoms with van der Waals surface area (Å²) in [5.41, 5.74) is 21.3. The second kappa shape index (κ2) is 9.69. The number of ketones is 1. The lowest BCUT2D eigenvalue weighted by Crippen LogP contribution is -2.53. The molecule has 1 aliphatic carbocycles. The van der Waals surface area contributed by atoms with Gasteiger partial charge in [0.05, 0.1) is 27.8 Å². The SMILES string of the molecule is Cc1cc(Oc2ccccc2)ccc1C1(N)C(=O)C(N)c2c(C(=O)N[C@H]3CN(C)C[C@@H]3O)sc3c(N)ccc1c23. The van der Waals surface area contributed by atoms with E-state index in [9.17, 15) is 14.7 Å². The Morgan fingerprint density at radius 2 is 1.82 bits per heavy atom. The number of likely N-dealkylation sites (N-methyl/N-ethyl adjacent to an activating group) is 1. The molecule has 9 nitrogen and oxygen atoms in total. The number of nitrogens with zero attached hydrogens (tertiary/aromatic N) is 1. The maximum Gasteiger partial charge on any atom is 0.262 e. The molecule has 0 radical (unpaired) electrons. The number of nitrogens with two attached hydrogens (primary N) is 3. The van der Waals surface area contributed by atoms with Crippen LogP contribution in [0.1, 0.15) is 38.0 Å². The van der Waals surface area contributed by atoms with Gasteiger partial charge in [-0.25, -0.2) is 0 Å². The quantitative estimate of drug-likeness (QED) is 0.235. The van der Waals surface area contributed by atoms with Crippen molar-refractivity contribution in [1.29, 1.82) is 0 Å². The standard InChI is InChI=1S/C30H31N5O4S/c1-15-12-17(39-16-6-4-3-5-7-16)8-9-18(15)30(33)19-10-11-20(31)26-23(19)24(25(32)28(30)37)27(40-26)29(38)34-21-13-35(2)14-22(21)36/h3-12,21-22,25,36H,13-14,31-33H2,1-2H3,(H,34,38)/t21-,22-,25?,30?/m0/s1. The van der Waals surface area contributed by atoms with Crippen molar-refractivity contribution in [3.63, 3.8) is 0 Å². The lowest BCUT2D eigenvalue weighted by Gasteiger charge is -2.37. The number of benzene rings is 3. The number of ether oxygens (including phenoxy) is 1. The van der Waals surface area contributed by atoms with Crippen molar-refractivity contribution in [2.45, 2.75) is 30.7 Å². The van der Waals surface area contributed by atoms with Gasteiger partial charge < -0.3 is 37.3 Å². The molecule has 1 fully saturated rings. The molecule has 3 aromatic carbocycles. The molecule has 1 aliphatic heterocycles. The second-order valence-corrected chi connectivity index (χ2v) is 11.7. The van der Waals surface area contributed by atoms with Crippen molar-refractivity contribution in [3.8, 4) is 11.5 Å². The number of hydrogen-bond donors (Lipinski definition) is 5.